The Labute approximate surface area is 166 Å². The van der Waals surface area contributed by atoms with E-state index in [-0.39, 0.29) is 5.91 Å². The molecule has 0 unspecified atom stereocenters. The number of carbonyl (C=O) groups is 1. The summed E-state index contributed by atoms with van der Waals surface area (Å²) < 4.78 is 10.5. The second kappa shape index (κ2) is 9.44. The van der Waals surface area contributed by atoms with Crippen LogP contribution < -0.4 is 19.7 Å². The Morgan fingerprint density at radius 1 is 1.14 bits per heavy atom. The minimum absolute atomic E-state index is 0.0314. The molecular formula is C22H29N3O3. The Kier molecular flexibility index (Phi) is 6.74. The zero-order valence-electron chi connectivity index (χ0n) is 16.9. The molecule has 0 atom stereocenters. The first-order chi connectivity index (χ1) is 13.6. The topological polar surface area (TPSA) is 63.7 Å². The number of rotatable bonds is 7. The van der Waals surface area contributed by atoms with Gasteiger partial charge in [-0.25, -0.2) is 4.98 Å². The minimum Gasteiger partial charge on any atom is -0.493 e. The van der Waals surface area contributed by atoms with Crippen molar-refractivity contribution in [3.05, 3.63) is 42.1 Å². The summed E-state index contributed by atoms with van der Waals surface area (Å²) in [7, 11) is 3.21. The van der Waals surface area contributed by atoms with E-state index in [0.717, 1.165) is 36.1 Å². The first kappa shape index (κ1) is 20.0. The second-order valence-electron chi connectivity index (χ2n) is 7.31. The average molecular weight is 383 g/mol. The molecule has 3 rings (SSSR count). The Morgan fingerprint density at radius 3 is 2.54 bits per heavy atom. The van der Waals surface area contributed by atoms with Crippen LogP contribution in [0.5, 0.6) is 11.5 Å². The maximum atomic E-state index is 12.3. The van der Waals surface area contributed by atoms with E-state index in [1.807, 2.05) is 30.3 Å². The highest BCUT2D eigenvalue weighted by molar-refractivity contribution is 5.90. The molecule has 150 valence electrons. The predicted molar refractivity (Wildman–Crippen MR) is 111 cm³/mol. The third-order valence-electron chi connectivity index (χ3n) is 5.23. The van der Waals surface area contributed by atoms with E-state index in [2.05, 4.69) is 22.1 Å². The van der Waals surface area contributed by atoms with E-state index in [1.165, 1.54) is 12.8 Å². The van der Waals surface area contributed by atoms with Crippen LogP contribution >= 0.6 is 0 Å². The van der Waals surface area contributed by atoms with Crippen molar-refractivity contribution < 1.29 is 14.3 Å². The van der Waals surface area contributed by atoms with Gasteiger partial charge in [-0.05, 0) is 55.0 Å². The Morgan fingerprint density at radius 2 is 1.89 bits per heavy atom. The Bertz CT molecular complexity index is 784. The second-order valence-corrected chi connectivity index (χ2v) is 7.31. The number of aromatic nitrogens is 1. The molecule has 1 aliphatic heterocycles. The van der Waals surface area contributed by atoms with Gasteiger partial charge < -0.3 is 19.7 Å². The van der Waals surface area contributed by atoms with E-state index in [9.17, 15) is 4.79 Å². The van der Waals surface area contributed by atoms with Crippen LogP contribution in [-0.2, 0) is 11.2 Å². The van der Waals surface area contributed by atoms with Crippen LogP contribution in [0.25, 0.3) is 0 Å². The van der Waals surface area contributed by atoms with Gasteiger partial charge in [0.1, 0.15) is 5.82 Å². The molecule has 0 saturated carbocycles. The summed E-state index contributed by atoms with van der Waals surface area (Å²) in [6.07, 6.45) is 5.17. The number of pyridine rings is 1. The van der Waals surface area contributed by atoms with Gasteiger partial charge in [0, 0.05) is 19.5 Å². The number of aryl methyl sites for hydroxylation is 1. The normalized spacial score (nSPS) is 14.6. The van der Waals surface area contributed by atoms with Crippen LogP contribution in [0.1, 0.15) is 31.7 Å². The molecule has 6 heteroatoms. The first-order valence-electron chi connectivity index (χ1n) is 9.81. The SMILES string of the molecule is COc1ccc(CCC(=O)Nc2ccc(N3CCC(C)CC3)nc2)cc1OC. The lowest BCUT2D eigenvalue weighted by Crippen LogP contribution is -2.33. The van der Waals surface area contributed by atoms with Gasteiger partial charge in [-0.1, -0.05) is 13.0 Å². The molecule has 2 heterocycles. The molecule has 0 bridgehead atoms. The molecule has 1 fully saturated rings. The third-order valence-corrected chi connectivity index (χ3v) is 5.23. The predicted octanol–water partition coefficient (Wildman–Crippen LogP) is 3.91. The molecule has 1 amide bonds. The number of nitrogens with zero attached hydrogens (tertiary/aromatic N) is 2. The highest BCUT2D eigenvalue weighted by atomic mass is 16.5. The quantitative estimate of drug-likeness (QED) is 0.785. The van der Waals surface area contributed by atoms with E-state index < -0.39 is 0 Å². The highest BCUT2D eigenvalue weighted by Crippen LogP contribution is 2.28. The van der Waals surface area contributed by atoms with E-state index in [1.54, 1.807) is 20.4 Å². The highest BCUT2D eigenvalue weighted by Gasteiger charge is 2.16. The molecule has 6 nitrogen and oxygen atoms in total. The van der Waals surface area contributed by atoms with Crippen molar-refractivity contribution in [1.29, 1.82) is 0 Å². The number of carbonyl (C=O) groups excluding carboxylic acids is 1. The lowest BCUT2D eigenvalue weighted by molar-refractivity contribution is -0.116. The maximum absolute atomic E-state index is 12.3. The lowest BCUT2D eigenvalue weighted by Gasteiger charge is -2.31. The van der Waals surface area contributed by atoms with Gasteiger partial charge in [-0.3, -0.25) is 4.79 Å². The smallest absolute Gasteiger partial charge is 0.224 e. The molecule has 1 aromatic heterocycles. The zero-order valence-corrected chi connectivity index (χ0v) is 16.9. The number of nitrogens with one attached hydrogen (secondary N) is 1. The number of methoxy groups -OCH3 is 2. The first-order valence-corrected chi connectivity index (χ1v) is 9.81. The molecule has 1 aliphatic rings. The number of benzene rings is 1. The molecule has 0 aliphatic carbocycles. The number of hydrogen-bond donors (Lipinski definition) is 1. The van der Waals surface area contributed by atoms with Crippen molar-refractivity contribution >= 4 is 17.4 Å². The zero-order chi connectivity index (χ0) is 19.9. The monoisotopic (exact) mass is 383 g/mol. The number of amides is 1. The molecule has 1 saturated heterocycles. The summed E-state index contributed by atoms with van der Waals surface area (Å²) in [6.45, 7) is 4.39. The van der Waals surface area contributed by atoms with Crippen molar-refractivity contribution in [2.75, 3.05) is 37.5 Å². The summed E-state index contributed by atoms with van der Waals surface area (Å²) in [6, 6.07) is 9.62. The maximum Gasteiger partial charge on any atom is 0.224 e. The van der Waals surface area contributed by atoms with Crippen LogP contribution in [0.3, 0.4) is 0 Å². The molecular weight excluding hydrogens is 354 g/mol. The van der Waals surface area contributed by atoms with Gasteiger partial charge >= 0.3 is 0 Å². The number of ether oxygens (including phenoxy) is 2. The van der Waals surface area contributed by atoms with E-state index >= 15 is 0 Å². The van der Waals surface area contributed by atoms with Gasteiger partial charge in [-0.2, -0.15) is 0 Å². The largest absolute Gasteiger partial charge is 0.493 e. The summed E-state index contributed by atoms with van der Waals surface area (Å²) in [5.74, 6) is 3.10. The fourth-order valence-corrected chi connectivity index (χ4v) is 3.40. The summed E-state index contributed by atoms with van der Waals surface area (Å²) in [4.78, 5) is 19.1. The van der Waals surface area contributed by atoms with Crippen LogP contribution in [0.2, 0.25) is 0 Å². The minimum atomic E-state index is -0.0314. The fraction of sp³-hybridized carbons (Fsp3) is 0.455. The fourth-order valence-electron chi connectivity index (χ4n) is 3.40. The number of anilines is 2. The molecule has 28 heavy (non-hydrogen) atoms. The molecule has 1 aromatic carbocycles. The van der Waals surface area contributed by atoms with Crippen molar-refractivity contribution in [3.63, 3.8) is 0 Å². The van der Waals surface area contributed by atoms with Crippen LogP contribution in [0.15, 0.2) is 36.5 Å². The van der Waals surface area contributed by atoms with Gasteiger partial charge in [0.05, 0.1) is 26.1 Å². The lowest BCUT2D eigenvalue weighted by atomic mass is 9.99. The van der Waals surface area contributed by atoms with E-state index in [0.29, 0.717) is 24.3 Å². The van der Waals surface area contributed by atoms with Crippen molar-refractivity contribution in [2.24, 2.45) is 5.92 Å². The van der Waals surface area contributed by atoms with Crippen LogP contribution in [0, 0.1) is 5.92 Å². The van der Waals surface area contributed by atoms with Crippen LogP contribution in [-0.4, -0.2) is 38.2 Å². The summed E-state index contributed by atoms with van der Waals surface area (Å²) in [5.41, 5.74) is 1.76. The van der Waals surface area contributed by atoms with Gasteiger partial charge in [0.15, 0.2) is 11.5 Å². The molecule has 1 N–H and O–H groups in total. The summed E-state index contributed by atoms with van der Waals surface area (Å²) in [5, 5.41) is 2.92. The van der Waals surface area contributed by atoms with Crippen LogP contribution in [0.4, 0.5) is 11.5 Å². The Balaban J connectivity index is 1.51. The van der Waals surface area contributed by atoms with E-state index in [4.69, 9.17) is 9.47 Å². The van der Waals surface area contributed by atoms with Gasteiger partial charge in [0.2, 0.25) is 5.91 Å². The third kappa shape index (κ3) is 5.15. The standard InChI is InChI=1S/C22H29N3O3/c1-16-10-12-25(13-11-16)21-8-6-18(15-23-21)24-22(26)9-5-17-4-7-19(27-2)20(14-17)28-3/h4,6-8,14-16H,5,9-13H2,1-3H3,(H,24,26). The Hall–Kier alpha value is -2.76. The summed E-state index contributed by atoms with van der Waals surface area (Å²) >= 11 is 0. The average Bonchev–Trinajstić information content (AvgIpc) is 2.73. The van der Waals surface area contributed by atoms with Gasteiger partial charge in [0.25, 0.3) is 0 Å². The van der Waals surface area contributed by atoms with Crippen molar-refractivity contribution in [3.8, 4) is 11.5 Å². The molecule has 0 spiro atoms. The molecule has 2 aromatic rings. The van der Waals surface area contributed by atoms with Crippen molar-refractivity contribution in [1.82, 2.24) is 4.98 Å². The molecule has 0 radical (unpaired) electrons. The number of piperidine rings is 1. The van der Waals surface area contributed by atoms with Crippen molar-refractivity contribution in [2.45, 2.75) is 32.6 Å². The number of hydrogen-bond acceptors (Lipinski definition) is 5. The van der Waals surface area contributed by atoms with Gasteiger partial charge in [-0.15, -0.1) is 0 Å².